The standard InChI is InChI=1S/C16H16F3N3O2S/c1-9(5-6-10-4-3-7-24-10)20-14(23)12-8-11-13(16(17,18)19)21-22(2)15(11)25-12/h3-4,7-9H,5-6H2,1-2H3,(H,20,23)/t9-/m0/s1. The molecule has 0 unspecified atom stereocenters. The van der Waals surface area contributed by atoms with E-state index in [9.17, 15) is 18.0 Å². The van der Waals surface area contributed by atoms with Gasteiger partial charge in [-0.15, -0.1) is 11.3 Å². The maximum atomic E-state index is 13.0. The highest BCUT2D eigenvalue weighted by molar-refractivity contribution is 7.20. The Hall–Kier alpha value is -2.29. The molecule has 0 radical (unpaired) electrons. The summed E-state index contributed by atoms with van der Waals surface area (Å²) < 4.78 is 45.4. The molecule has 3 heterocycles. The van der Waals surface area contributed by atoms with Crippen LogP contribution < -0.4 is 5.32 Å². The van der Waals surface area contributed by atoms with Gasteiger partial charge in [0.05, 0.1) is 11.1 Å². The second-order valence-electron chi connectivity index (χ2n) is 5.79. The number of thiophene rings is 1. The summed E-state index contributed by atoms with van der Waals surface area (Å²) in [6, 6.07) is 4.77. The van der Waals surface area contributed by atoms with Crippen LogP contribution in [0.4, 0.5) is 13.2 Å². The molecule has 3 aromatic heterocycles. The lowest BCUT2D eigenvalue weighted by Gasteiger charge is -2.12. The number of carbonyl (C=O) groups excluding carboxylic acids is 1. The van der Waals surface area contributed by atoms with Crippen LogP contribution >= 0.6 is 11.3 Å². The van der Waals surface area contributed by atoms with Crippen LogP contribution in [0.1, 0.15) is 34.5 Å². The van der Waals surface area contributed by atoms with Crippen LogP contribution in [0.15, 0.2) is 28.9 Å². The normalized spacial score (nSPS) is 13.3. The minimum absolute atomic E-state index is 0.0478. The first kappa shape index (κ1) is 17.5. The molecule has 0 fully saturated rings. The number of fused-ring (bicyclic) bond motifs is 1. The van der Waals surface area contributed by atoms with Gasteiger partial charge in [0.25, 0.3) is 5.91 Å². The molecule has 0 bridgehead atoms. The molecule has 0 saturated heterocycles. The second-order valence-corrected chi connectivity index (χ2v) is 6.82. The Labute approximate surface area is 145 Å². The summed E-state index contributed by atoms with van der Waals surface area (Å²) in [5.74, 6) is 0.435. The molecule has 0 aliphatic heterocycles. The molecule has 5 nitrogen and oxygen atoms in total. The van der Waals surface area contributed by atoms with E-state index in [-0.39, 0.29) is 22.2 Å². The molecular weight excluding hydrogens is 355 g/mol. The zero-order valence-electron chi connectivity index (χ0n) is 13.6. The molecule has 9 heteroatoms. The van der Waals surface area contributed by atoms with E-state index in [1.807, 2.05) is 13.0 Å². The van der Waals surface area contributed by atoms with Crippen molar-refractivity contribution in [1.29, 1.82) is 0 Å². The van der Waals surface area contributed by atoms with E-state index < -0.39 is 11.9 Å². The van der Waals surface area contributed by atoms with Crippen molar-refractivity contribution in [2.75, 3.05) is 0 Å². The van der Waals surface area contributed by atoms with Gasteiger partial charge >= 0.3 is 6.18 Å². The van der Waals surface area contributed by atoms with Gasteiger partial charge in [0.15, 0.2) is 5.69 Å². The van der Waals surface area contributed by atoms with Gasteiger partial charge in [0, 0.05) is 24.9 Å². The van der Waals surface area contributed by atoms with Crippen LogP contribution in [0, 0.1) is 0 Å². The van der Waals surface area contributed by atoms with Gasteiger partial charge in [-0.2, -0.15) is 18.3 Å². The number of amides is 1. The number of furan rings is 1. The maximum Gasteiger partial charge on any atom is 0.435 e. The number of rotatable bonds is 5. The third-order valence-corrected chi connectivity index (χ3v) is 4.99. The van der Waals surface area contributed by atoms with Crippen LogP contribution in [0.25, 0.3) is 10.2 Å². The average molecular weight is 371 g/mol. The van der Waals surface area contributed by atoms with Crippen molar-refractivity contribution < 1.29 is 22.4 Å². The van der Waals surface area contributed by atoms with Crippen molar-refractivity contribution in [3.05, 3.63) is 40.8 Å². The van der Waals surface area contributed by atoms with E-state index in [0.29, 0.717) is 17.7 Å². The number of nitrogens with zero attached hydrogens (tertiary/aromatic N) is 2. The second kappa shape index (κ2) is 6.55. The minimum atomic E-state index is -4.55. The van der Waals surface area contributed by atoms with Crippen molar-refractivity contribution in [2.45, 2.75) is 32.0 Å². The lowest BCUT2D eigenvalue weighted by Crippen LogP contribution is -2.32. The lowest BCUT2D eigenvalue weighted by atomic mass is 10.1. The summed E-state index contributed by atoms with van der Waals surface area (Å²) in [5.41, 5.74) is -0.967. The van der Waals surface area contributed by atoms with Crippen molar-refractivity contribution in [3.63, 3.8) is 0 Å². The Bertz CT molecular complexity index is 881. The third kappa shape index (κ3) is 3.71. The summed E-state index contributed by atoms with van der Waals surface area (Å²) >= 11 is 0.997. The Morgan fingerprint density at radius 3 is 2.88 bits per heavy atom. The highest BCUT2D eigenvalue weighted by Crippen LogP contribution is 2.37. The van der Waals surface area contributed by atoms with Gasteiger partial charge in [0.1, 0.15) is 10.6 Å². The summed E-state index contributed by atoms with van der Waals surface area (Å²) in [5, 5.41) is 6.26. The Morgan fingerprint density at radius 1 is 1.48 bits per heavy atom. The highest BCUT2D eigenvalue weighted by Gasteiger charge is 2.37. The SMILES string of the molecule is C[C@@H](CCc1ccco1)NC(=O)c1cc2c(C(F)(F)F)nn(C)c2s1. The predicted molar refractivity (Wildman–Crippen MR) is 87.6 cm³/mol. The summed E-state index contributed by atoms with van der Waals surface area (Å²) in [6.07, 6.45) is -1.63. The van der Waals surface area contributed by atoms with E-state index in [2.05, 4.69) is 10.4 Å². The third-order valence-electron chi connectivity index (χ3n) is 3.79. The maximum absolute atomic E-state index is 13.0. The van der Waals surface area contributed by atoms with E-state index >= 15 is 0 Å². The number of nitrogens with one attached hydrogen (secondary N) is 1. The fraction of sp³-hybridized carbons (Fsp3) is 0.375. The molecule has 3 rings (SSSR count). The molecule has 0 aliphatic rings. The molecular formula is C16H16F3N3O2S. The highest BCUT2D eigenvalue weighted by atomic mass is 32.1. The molecule has 0 aliphatic carbocycles. The lowest BCUT2D eigenvalue weighted by molar-refractivity contribution is -0.140. The van der Waals surface area contributed by atoms with E-state index in [4.69, 9.17) is 4.42 Å². The first-order valence-corrected chi connectivity index (χ1v) is 8.44. The van der Waals surface area contributed by atoms with Crippen LogP contribution in [0.2, 0.25) is 0 Å². The monoisotopic (exact) mass is 371 g/mol. The van der Waals surface area contributed by atoms with Gasteiger partial charge < -0.3 is 9.73 Å². The van der Waals surface area contributed by atoms with Gasteiger partial charge in [-0.3, -0.25) is 9.48 Å². The summed E-state index contributed by atoms with van der Waals surface area (Å²) in [6.45, 7) is 1.84. The molecule has 1 amide bonds. The number of halogens is 3. The van der Waals surface area contributed by atoms with Crippen molar-refractivity contribution in [2.24, 2.45) is 7.05 Å². The zero-order chi connectivity index (χ0) is 18.2. The van der Waals surface area contributed by atoms with Crippen molar-refractivity contribution in [3.8, 4) is 0 Å². The number of alkyl halides is 3. The van der Waals surface area contributed by atoms with Crippen molar-refractivity contribution >= 4 is 27.5 Å². The topological polar surface area (TPSA) is 60.1 Å². The minimum Gasteiger partial charge on any atom is -0.469 e. The smallest absolute Gasteiger partial charge is 0.435 e. The summed E-state index contributed by atoms with van der Waals surface area (Å²) in [7, 11) is 1.43. The zero-order valence-corrected chi connectivity index (χ0v) is 14.4. The number of hydrogen-bond acceptors (Lipinski definition) is 4. The molecule has 3 aromatic rings. The van der Waals surface area contributed by atoms with E-state index in [0.717, 1.165) is 21.8 Å². The van der Waals surface area contributed by atoms with Crippen LogP contribution in [0.3, 0.4) is 0 Å². The Balaban J connectivity index is 1.71. The predicted octanol–water partition coefficient (Wildman–Crippen LogP) is 4.00. The molecule has 25 heavy (non-hydrogen) atoms. The van der Waals surface area contributed by atoms with Crippen LogP contribution in [-0.2, 0) is 19.6 Å². The van der Waals surface area contributed by atoms with Gasteiger partial charge in [-0.25, -0.2) is 0 Å². The fourth-order valence-electron chi connectivity index (χ4n) is 2.54. The molecule has 0 saturated carbocycles. The first-order chi connectivity index (χ1) is 11.8. The Morgan fingerprint density at radius 2 is 2.24 bits per heavy atom. The number of carbonyl (C=O) groups is 1. The van der Waals surface area contributed by atoms with Gasteiger partial charge in [-0.1, -0.05) is 0 Å². The average Bonchev–Trinajstić information content (AvgIpc) is 3.22. The molecule has 1 N–H and O–H groups in total. The Kier molecular flexibility index (Phi) is 4.59. The largest absolute Gasteiger partial charge is 0.469 e. The van der Waals surface area contributed by atoms with Gasteiger partial charge in [-0.05, 0) is 31.5 Å². The van der Waals surface area contributed by atoms with Gasteiger partial charge in [0.2, 0.25) is 0 Å². The van der Waals surface area contributed by atoms with Crippen LogP contribution in [0.5, 0.6) is 0 Å². The number of aromatic nitrogens is 2. The number of hydrogen-bond donors (Lipinski definition) is 1. The van der Waals surface area contributed by atoms with Crippen molar-refractivity contribution in [1.82, 2.24) is 15.1 Å². The van der Waals surface area contributed by atoms with E-state index in [1.54, 1.807) is 12.3 Å². The fourth-order valence-corrected chi connectivity index (χ4v) is 3.52. The summed E-state index contributed by atoms with van der Waals surface area (Å²) in [4.78, 5) is 12.9. The van der Waals surface area contributed by atoms with Crippen LogP contribution in [-0.4, -0.2) is 21.7 Å². The molecule has 0 aromatic carbocycles. The molecule has 1 atom stereocenters. The first-order valence-electron chi connectivity index (χ1n) is 7.62. The molecule has 0 spiro atoms. The quantitative estimate of drug-likeness (QED) is 0.738. The van der Waals surface area contributed by atoms with E-state index in [1.165, 1.54) is 13.1 Å². The number of aryl methyl sites for hydroxylation is 2. The molecule has 134 valence electrons.